The van der Waals surface area contributed by atoms with Gasteiger partial charge in [0.05, 0.1) is 18.4 Å². The van der Waals surface area contributed by atoms with Crippen LogP contribution >= 0.6 is 0 Å². The summed E-state index contributed by atoms with van der Waals surface area (Å²) in [6.07, 6.45) is 0. The number of nitrogens with zero attached hydrogens (tertiary/aromatic N) is 3. The van der Waals surface area contributed by atoms with Gasteiger partial charge in [0.2, 0.25) is 11.9 Å². The number of aromatic nitrogens is 3. The van der Waals surface area contributed by atoms with E-state index in [1.807, 2.05) is 0 Å². The summed E-state index contributed by atoms with van der Waals surface area (Å²) in [5.74, 6) is -2.09. The van der Waals surface area contributed by atoms with Gasteiger partial charge < -0.3 is 20.5 Å². The Bertz CT molecular complexity index is 996. The van der Waals surface area contributed by atoms with E-state index in [4.69, 9.17) is 15.2 Å². The lowest BCUT2D eigenvalue weighted by Gasteiger charge is -2.11. The minimum atomic E-state index is -0.934. The molecule has 0 unspecified atom stereocenters. The van der Waals surface area contributed by atoms with Crippen molar-refractivity contribution in [2.75, 3.05) is 18.2 Å². The molecule has 0 radical (unpaired) electrons. The molecular weight excluding hydrogens is 372 g/mol. The molecule has 0 amide bonds. The second kappa shape index (κ2) is 8.25. The number of esters is 1. The lowest BCUT2D eigenvalue weighted by Crippen LogP contribution is -2.11. The number of nitrogens with one attached hydrogen (secondary N) is 1. The smallest absolute Gasteiger partial charge is 0.338 e. The van der Waals surface area contributed by atoms with Crippen LogP contribution < -0.4 is 15.8 Å². The number of hydrogen-bond acceptors (Lipinski definition) is 8. The number of para-hydroxylation sites is 2. The molecule has 0 aliphatic heterocycles. The molecule has 144 valence electrons. The quantitative estimate of drug-likeness (QED) is 0.621. The predicted molar refractivity (Wildman–Crippen MR) is 96.0 cm³/mol. The fraction of sp³-hybridized carbons (Fsp3) is 0.111. The summed E-state index contributed by atoms with van der Waals surface area (Å²) in [4.78, 5) is 23.9. The van der Waals surface area contributed by atoms with Gasteiger partial charge in [0.15, 0.2) is 12.4 Å². The molecule has 0 bridgehead atoms. The van der Waals surface area contributed by atoms with Crippen LogP contribution in [-0.4, -0.2) is 28.0 Å². The number of halogens is 2. The number of anilines is 3. The topological polar surface area (TPSA) is 112 Å². The van der Waals surface area contributed by atoms with E-state index in [2.05, 4.69) is 20.3 Å². The van der Waals surface area contributed by atoms with Crippen LogP contribution in [0.15, 0.2) is 42.5 Å². The van der Waals surface area contributed by atoms with Crippen molar-refractivity contribution in [1.82, 2.24) is 15.0 Å². The highest BCUT2D eigenvalue weighted by Crippen LogP contribution is 2.25. The molecule has 1 aromatic heterocycles. The molecule has 0 aliphatic carbocycles. The van der Waals surface area contributed by atoms with Gasteiger partial charge in [0.25, 0.3) is 0 Å². The van der Waals surface area contributed by atoms with Gasteiger partial charge in [-0.15, -0.1) is 0 Å². The molecule has 0 aliphatic rings. The summed E-state index contributed by atoms with van der Waals surface area (Å²) in [6, 6.07) is 9.45. The average molecular weight is 387 g/mol. The van der Waals surface area contributed by atoms with E-state index >= 15 is 0 Å². The summed E-state index contributed by atoms with van der Waals surface area (Å²) in [7, 11) is 1.52. The van der Waals surface area contributed by atoms with Gasteiger partial charge in [0, 0.05) is 6.07 Å². The summed E-state index contributed by atoms with van der Waals surface area (Å²) in [5.41, 5.74) is 5.99. The van der Waals surface area contributed by atoms with E-state index in [0.29, 0.717) is 17.5 Å². The van der Waals surface area contributed by atoms with E-state index in [0.717, 1.165) is 12.1 Å². The fourth-order valence-electron chi connectivity index (χ4n) is 2.31. The molecule has 3 N–H and O–H groups in total. The van der Waals surface area contributed by atoms with Gasteiger partial charge in [-0.05, 0) is 24.3 Å². The zero-order valence-corrected chi connectivity index (χ0v) is 14.6. The van der Waals surface area contributed by atoms with Crippen molar-refractivity contribution in [3.8, 4) is 5.75 Å². The maximum atomic E-state index is 13.2. The number of methoxy groups -OCH3 is 1. The monoisotopic (exact) mass is 387 g/mol. The highest BCUT2D eigenvalue weighted by molar-refractivity contribution is 5.89. The van der Waals surface area contributed by atoms with Crippen LogP contribution in [0.5, 0.6) is 5.75 Å². The minimum absolute atomic E-state index is 0.0510. The van der Waals surface area contributed by atoms with E-state index in [-0.39, 0.29) is 29.9 Å². The van der Waals surface area contributed by atoms with Gasteiger partial charge in [-0.25, -0.2) is 13.6 Å². The van der Waals surface area contributed by atoms with Crippen molar-refractivity contribution >= 4 is 23.6 Å². The summed E-state index contributed by atoms with van der Waals surface area (Å²) in [5, 5.41) is 2.93. The number of nitrogens with two attached hydrogens (primary N) is 1. The van der Waals surface area contributed by atoms with Gasteiger partial charge >= 0.3 is 5.97 Å². The zero-order valence-electron chi connectivity index (χ0n) is 14.6. The van der Waals surface area contributed by atoms with Crippen LogP contribution in [0.2, 0.25) is 0 Å². The second-order valence-electron chi connectivity index (χ2n) is 5.49. The van der Waals surface area contributed by atoms with Crippen LogP contribution in [0.1, 0.15) is 16.2 Å². The summed E-state index contributed by atoms with van der Waals surface area (Å²) >= 11 is 0. The molecule has 0 atom stereocenters. The largest absolute Gasteiger partial charge is 0.495 e. The molecule has 8 nitrogen and oxygen atoms in total. The van der Waals surface area contributed by atoms with Crippen LogP contribution in [0.3, 0.4) is 0 Å². The third kappa shape index (κ3) is 4.67. The number of hydrogen-bond donors (Lipinski definition) is 2. The fourth-order valence-corrected chi connectivity index (χ4v) is 2.31. The SMILES string of the molecule is COc1ccccc1Nc1nc(N)nc(COC(=O)c2cc(F)cc(F)c2)n1. The maximum absolute atomic E-state index is 13.2. The van der Waals surface area contributed by atoms with Gasteiger partial charge in [0.1, 0.15) is 17.4 Å². The number of nitrogen functional groups attached to an aromatic ring is 1. The number of ether oxygens (including phenoxy) is 2. The van der Waals surface area contributed by atoms with Gasteiger partial charge in [-0.2, -0.15) is 15.0 Å². The highest BCUT2D eigenvalue weighted by atomic mass is 19.1. The first-order valence-electron chi connectivity index (χ1n) is 7.98. The van der Waals surface area contributed by atoms with E-state index < -0.39 is 17.6 Å². The summed E-state index contributed by atoms with van der Waals surface area (Å²) < 4.78 is 36.6. The van der Waals surface area contributed by atoms with Crippen LogP contribution in [-0.2, 0) is 11.3 Å². The molecule has 0 fully saturated rings. The number of benzene rings is 2. The van der Waals surface area contributed by atoms with Crippen molar-refractivity contribution in [3.05, 3.63) is 65.5 Å². The number of carbonyl (C=O) groups excluding carboxylic acids is 1. The summed E-state index contributed by atoms with van der Waals surface area (Å²) in [6.45, 7) is -0.371. The molecule has 3 aromatic rings. The molecule has 1 heterocycles. The lowest BCUT2D eigenvalue weighted by atomic mass is 10.2. The molecule has 0 spiro atoms. The van der Waals surface area contributed by atoms with Crippen molar-refractivity contribution in [2.24, 2.45) is 0 Å². The number of carbonyl (C=O) groups is 1. The van der Waals surface area contributed by atoms with E-state index in [1.54, 1.807) is 24.3 Å². The van der Waals surface area contributed by atoms with E-state index in [1.165, 1.54) is 7.11 Å². The Morgan fingerprint density at radius 3 is 2.54 bits per heavy atom. The van der Waals surface area contributed by atoms with Gasteiger partial charge in [-0.3, -0.25) is 0 Å². The lowest BCUT2D eigenvalue weighted by molar-refractivity contribution is 0.0461. The average Bonchev–Trinajstić information content (AvgIpc) is 2.65. The van der Waals surface area contributed by atoms with Crippen LogP contribution in [0, 0.1) is 11.6 Å². The van der Waals surface area contributed by atoms with Crippen LogP contribution in [0.25, 0.3) is 0 Å². The van der Waals surface area contributed by atoms with Crippen molar-refractivity contribution in [3.63, 3.8) is 0 Å². The molecule has 28 heavy (non-hydrogen) atoms. The molecule has 0 saturated heterocycles. The Kier molecular flexibility index (Phi) is 5.58. The number of rotatable bonds is 6. The maximum Gasteiger partial charge on any atom is 0.338 e. The first-order chi connectivity index (χ1) is 13.4. The molecular formula is C18H15F2N5O3. The first kappa shape index (κ1) is 19.0. The zero-order chi connectivity index (χ0) is 20.1. The second-order valence-corrected chi connectivity index (χ2v) is 5.49. The van der Waals surface area contributed by atoms with Crippen LogP contribution in [0.4, 0.5) is 26.4 Å². The third-order valence-electron chi connectivity index (χ3n) is 3.48. The third-order valence-corrected chi connectivity index (χ3v) is 3.48. The standard InChI is InChI=1S/C18H15F2N5O3/c1-27-14-5-3-2-4-13(14)22-18-24-15(23-17(21)25-18)9-28-16(26)10-6-11(19)8-12(20)7-10/h2-8H,9H2,1H3,(H3,21,22,23,24,25). The van der Waals surface area contributed by atoms with Crippen molar-refractivity contribution in [1.29, 1.82) is 0 Å². The van der Waals surface area contributed by atoms with Crippen molar-refractivity contribution < 1.29 is 23.0 Å². The molecule has 2 aromatic carbocycles. The van der Waals surface area contributed by atoms with Crippen molar-refractivity contribution in [2.45, 2.75) is 6.61 Å². The highest BCUT2D eigenvalue weighted by Gasteiger charge is 2.13. The Labute approximate surface area is 158 Å². The normalized spacial score (nSPS) is 10.4. The molecule has 3 rings (SSSR count). The predicted octanol–water partition coefficient (Wildman–Crippen LogP) is 2.84. The minimum Gasteiger partial charge on any atom is -0.495 e. The first-order valence-corrected chi connectivity index (χ1v) is 7.98. The van der Waals surface area contributed by atoms with Gasteiger partial charge in [-0.1, -0.05) is 12.1 Å². The molecule has 0 saturated carbocycles. The molecule has 10 heteroatoms. The van der Waals surface area contributed by atoms with E-state index in [9.17, 15) is 13.6 Å². The Balaban J connectivity index is 1.73. The Morgan fingerprint density at radius 2 is 1.82 bits per heavy atom. The Hall–Kier alpha value is -3.82. The Morgan fingerprint density at radius 1 is 1.11 bits per heavy atom.